The van der Waals surface area contributed by atoms with Crippen molar-refractivity contribution in [3.8, 4) is 0 Å². The third kappa shape index (κ3) is 2.71. The Morgan fingerprint density at radius 2 is 1.44 bits per heavy atom. The summed E-state index contributed by atoms with van der Waals surface area (Å²) in [5.74, 6) is 0. The van der Waals surface area contributed by atoms with Crippen LogP contribution in [0.25, 0.3) is 0 Å². The van der Waals surface area contributed by atoms with Gasteiger partial charge in [-0.1, -0.05) is 12.1 Å². The van der Waals surface area contributed by atoms with Crippen LogP contribution in [0.1, 0.15) is 0 Å². The second kappa shape index (κ2) is 5.45. The van der Waals surface area contributed by atoms with Gasteiger partial charge in [-0.3, -0.25) is 0 Å². The van der Waals surface area contributed by atoms with E-state index in [2.05, 4.69) is 47.8 Å². The molecule has 18 heavy (non-hydrogen) atoms. The van der Waals surface area contributed by atoms with Crippen molar-refractivity contribution in [3.63, 3.8) is 0 Å². The second-order valence-electron chi connectivity index (χ2n) is 3.51. The Kier molecular flexibility index (Phi) is 4.31. The van der Waals surface area contributed by atoms with Gasteiger partial charge in [0.2, 0.25) is 9.84 Å². The minimum atomic E-state index is -3.51. The summed E-state index contributed by atoms with van der Waals surface area (Å²) in [5.41, 5.74) is 0. The van der Waals surface area contributed by atoms with E-state index in [0.29, 0.717) is 8.95 Å². The smallest absolute Gasteiger partial charge is 0.207 e. The van der Waals surface area contributed by atoms with Crippen LogP contribution < -0.4 is 0 Å². The van der Waals surface area contributed by atoms with Crippen molar-refractivity contribution in [2.24, 2.45) is 0 Å². The molecule has 0 fully saturated rings. The van der Waals surface area contributed by atoms with E-state index >= 15 is 0 Å². The van der Waals surface area contributed by atoms with Gasteiger partial charge < -0.3 is 0 Å². The maximum Gasteiger partial charge on any atom is 0.207 e. The molecule has 0 saturated heterocycles. The predicted molar refractivity (Wildman–Crippen MR) is 81.4 cm³/mol. The highest BCUT2D eigenvalue weighted by atomic mass is 79.9. The van der Waals surface area contributed by atoms with Gasteiger partial charge >= 0.3 is 0 Å². The van der Waals surface area contributed by atoms with E-state index < -0.39 is 9.84 Å². The fraction of sp³-hybridized carbons (Fsp3) is 0. The number of hydrogen-bond donors (Lipinski definition) is 0. The first-order valence-electron chi connectivity index (χ1n) is 4.87. The molecule has 0 saturated carbocycles. The first-order valence-corrected chi connectivity index (χ1v) is 8.74. The van der Waals surface area contributed by atoms with E-state index in [1.807, 2.05) is 0 Å². The van der Waals surface area contributed by atoms with Crippen molar-refractivity contribution >= 4 is 57.6 Å². The SMILES string of the molecule is O=S(=O)(c1ccc(Br)c(Br)c1)c1ccccc1Br. The van der Waals surface area contributed by atoms with Gasteiger partial charge in [0.25, 0.3) is 0 Å². The molecule has 2 nitrogen and oxygen atoms in total. The molecule has 0 aliphatic heterocycles. The van der Waals surface area contributed by atoms with E-state index in [-0.39, 0.29) is 9.79 Å². The van der Waals surface area contributed by atoms with Gasteiger partial charge in [0.15, 0.2) is 0 Å². The van der Waals surface area contributed by atoms with Crippen LogP contribution in [0.5, 0.6) is 0 Å². The predicted octanol–water partition coefficient (Wildman–Crippen LogP) is 4.81. The minimum absolute atomic E-state index is 0.254. The quantitative estimate of drug-likeness (QED) is 0.652. The molecule has 0 aliphatic carbocycles. The zero-order valence-corrected chi connectivity index (χ0v) is 14.5. The lowest BCUT2D eigenvalue weighted by atomic mass is 10.4. The van der Waals surface area contributed by atoms with Crippen molar-refractivity contribution < 1.29 is 8.42 Å². The summed E-state index contributed by atoms with van der Waals surface area (Å²) in [5, 5.41) is 0. The minimum Gasteiger partial charge on any atom is -0.218 e. The van der Waals surface area contributed by atoms with E-state index in [1.54, 1.807) is 42.5 Å². The Morgan fingerprint density at radius 1 is 0.778 bits per heavy atom. The molecular weight excluding hydrogens is 448 g/mol. The topological polar surface area (TPSA) is 34.1 Å². The summed E-state index contributed by atoms with van der Waals surface area (Å²) in [6, 6.07) is 11.6. The summed E-state index contributed by atoms with van der Waals surface area (Å²) in [7, 11) is -3.51. The van der Waals surface area contributed by atoms with Gasteiger partial charge in [-0.05, 0) is 78.1 Å². The zero-order valence-electron chi connectivity index (χ0n) is 8.90. The monoisotopic (exact) mass is 452 g/mol. The molecule has 0 spiro atoms. The highest BCUT2D eigenvalue weighted by Gasteiger charge is 2.20. The van der Waals surface area contributed by atoms with Crippen LogP contribution in [0, 0.1) is 0 Å². The second-order valence-corrected chi connectivity index (χ2v) is 7.99. The molecule has 2 aromatic carbocycles. The highest BCUT2D eigenvalue weighted by molar-refractivity contribution is 9.13. The van der Waals surface area contributed by atoms with Crippen molar-refractivity contribution in [1.29, 1.82) is 0 Å². The number of rotatable bonds is 2. The standard InChI is InChI=1S/C12H7Br3O2S/c13-9-6-5-8(7-11(9)15)18(16,17)12-4-2-1-3-10(12)14/h1-7H. The van der Waals surface area contributed by atoms with E-state index in [0.717, 1.165) is 4.47 Å². The average molecular weight is 455 g/mol. The Bertz CT molecular complexity index is 696. The Balaban J connectivity index is 2.62. The van der Waals surface area contributed by atoms with Crippen molar-refractivity contribution in [2.75, 3.05) is 0 Å². The van der Waals surface area contributed by atoms with Crippen LogP contribution in [-0.2, 0) is 9.84 Å². The van der Waals surface area contributed by atoms with Crippen molar-refractivity contribution in [2.45, 2.75) is 9.79 Å². The van der Waals surface area contributed by atoms with Crippen LogP contribution >= 0.6 is 47.8 Å². The Hall–Kier alpha value is -0.170. The lowest BCUT2D eigenvalue weighted by molar-refractivity contribution is 0.595. The molecule has 0 N–H and O–H groups in total. The molecule has 94 valence electrons. The van der Waals surface area contributed by atoms with Gasteiger partial charge in [0.1, 0.15) is 0 Å². The Morgan fingerprint density at radius 3 is 2.06 bits per heavy atom. The molecular formula is C12H7Br3O2S. The number of sulfone groups is 1. The zero-order chi connectivity index (χ0) is 13.3. The molecule has 0 heterocycles. The summed E-state index contributed by atoms with van der Waals surface area (Å²) < 4.78 is 27.0. The number of benzene rings is 2. The van der Waals surface area contributed by atoms with Gasteiger partial charge in [0.05, 0.1) is 9.79 Å². The lowest BCUT2D eigenvalue weighted by Gasteiger charge is -2.07. The fourth-order valence-electron chi connectivity index (χ4n) is 1.43. The molecule has 0 unspecified atom stereocenters. The van der Waals surface area contributed by atoms with Crippen molar-refractivity contribution in [3.05, 3.63) is 55.9 Å². The summed E-state index contributed by atoms with van der Waals surface area (Å²) in [6.45, 7) is 0. The summed E-state index contributed by atoms with van der Waals surface area (Å²) in [6.07, 6.45) is 0. The van der Waals surface area contributed by atoms with Crippen LogP contribution in [0.3, 0.4) is 0 Å². The Labute approximate surface area is 131 Å². The van der Waals surface area contributed by atoms with Gasteiger partial charge in [-0.25, -0.2) is 8.42 Å². The van der Waals surface area contributed by atoms with Crippen LogP contribution in [-0.4, -0.2) is 8.42 Å². The molecule has 6 heteroatoms. The van der Waals surface area contributed by atoms with Crippen LogP contribution in [0.2, 0.25) is 0 Å². The largest absolute Gasteiger partial charge is 0.218 e. The number of halogens is 3. The third-order valence-corrected chi connectivity index (χ3v) is 6.97. The summed E-state index contributed by atoms with van der Waals surface area (Å²) >= 11 is 9.88. The molecule has 2 aromatic rings. The first kappa shape index (κ1) is 14.2. The number of hydrogen-bond acceptors (Lipinski definition) is 2. The van der Waals surface area contributed by atoms with Crippen LogP contribution in [0.4, 0.5) is 0 Å². The van der Waals surface area contributed by atoms with E-state index in [4.69, 9.17) is 0 Å². The first-order chi connectivity index (χ1) is 8.43. The molecule has 0 radical (unpaired) electrons. The van der Waals surface area contributed by atoms with Crippen LogP contribution in [0.15, 0.2) is 65.7 Å². The average Bonchev–Trinajstić information content (AvgIpc) is 2.33. The normalized spacial score (nSPS) is 11.5. The van der Waals surface area contributed by atoms with E-state index in [9.17, 15) is 8.42 Å². The summed E-state index contributed by atoms with van der Waals surface area (Å²) in [4.78, 5) is 0.517. The van der Waals surface area contributed by atoms with Gasteiger partial charge in [-0.15, -0.1) is 0 Å². The van der Waals surface area contributed by atoms with Gasteiger partial charge in [0, 0.05) is 13.4 Å². The van der Waals surface area contributed by atoms with Gasteiger partial charge in [-0.2, -0.15) is 0 Å². The van der Waals surface area contributed by atoms with Crippen molar-refractivity contribution in [1.82, 2.24) is 0 Å². The molecule has 0 atom stereocenters. The maximum absolute atomic E-state index is 12.5. The molecule has 0 amide bonds. The fourth-order valence-corrected chi connectivity index (χ4v) is 4.49. The molecule has 0 aromatic heterocycles. The molecule has 0 bridgehead atoms. The highest BCUT2D eigenvalue weighted by Crippen LogP contribution is 2.31. The lowest BCUT2D eigenvalue weighted by Crippen LogP contribution is -2.02. The third-order valence-electron chi connectivity index (χ3n) is 2.33. The maximum atomic E-state index is 12.5. The molecule has 2 rings (SSSR count). The molecule has 0 aliphatic rings. The van der Waals surface area contributed by atoms with E-state index in [1.165, 1.54) is 0 Å².